The van der Waals surface area contributed by atoms with Gasteiger partial charge in [-0.2, -0.15) is 0 Å². The Labute approximate surface area is 157 Å². The quantitative estimate of drug-likeness (QED) is 0.581. The molecule has 0 heterocycles. The van der Waals surface area contributed by atoms with E-state index in [4.69, 9.17) is 2.81 Å². The molecule has 0 aromatic carbocycles. The first-order valence-electron chi connectivity index (χ1n) is 8.41. The zero-order chi connectivity index (χ0) is 15.1. The van der Waals surface area contributed by atoms with Crippen molar-refractivity contribution >= 4 is 0 Å². The fourth-order valence-corrected chi connectivity index (χ4v) is 3.96. The minimum Gasteiger partial charge on any atom is -1.00 e. The fourth-order valence-electron chi connectivity index (χ4n) is 3.26. The van der Waals surface area contributed by atoms with E-state index in [1.807, 2.05) is 0 Å². The minimum atomic E-state index is 0. The van der Waals surface area contributed by atoms with Crippen LogP contribution in [0.15, 0.2) is 46.6 Å². The summed E-state index contributed by atoms with van der Waals surface area (Å²) in [6.45, 7) is 4.53. The Kier molecular flexibility index (Phi) is 9.88. The van der Waals surface area contributed by atoms with Crippen molar-refractivity contribution in [3.63, 3.8) is 0 Å². The van der Waals surface area contributed by atoms with Gasteiger partial charge < -0.3 is 12.4 Å². The Morgan fingerprint density at radius 1 is 0.955 bits per heavy atom. The zero-order valence-corrected chi connectivity index (χ0v) is 17.0. The van der Waals surface area contributed by atoms with Gasteiger partial charge in [0.05, 0.1) is 0 Å². The molecule has 22 heavy (non-hydrogen) atoms. The Bertz CT molecular complexity index is 432. The first-order valence-corrected chi connectivity index (χ1v) is 9.41. The van der Waals surface area contributed by atoms with E-state index in [0.717, 1.165) is 12.8 Å². The first-order chi connectivity index (χ1) is 10.3. The molecule has 0 saturated carbocycles. The Balaban J connectivity index is 0.00000242. The molecule has 2 rings (SSSR count). The summed E-state index contributed by atoms with van der Waals surface area (Å²) in [4.78, 5) is 0. The van der Waals surface area contributed by atoms with Crippen molar-refractivity contribution < 1.29 is 40.4 Å². The molecule has 0 aliphatic heterocycles. The van der Waals surface area contributed by atoms with Crippen LogP contribution in [0.1, 0.15) is 65.2 Å². The smallest absolute Gasteiger partial charge is 1.00 e. The molecule has 120 valence electrons. The molecule has 2 aliphatic carbocycles. The normalized spacial score (nSPS) is 17.0. The van der Waals surface area contributed by atoms with Crippen molar-refractivity contribution in [2.75, 3.05) is 0 Å². The number of allylic oxidation sites excluding steroid dienone is 6. The average Bonchev–Trinajstić information content (AvgIpc) is 3.14. The summed E-state index contributed by atoms with van der Waals surface area (Å²) < 4.78 is 6.03. The second kappa shape index (κ2) is 10.8. The predicted molar refractivity (Wildman–Crippen MR) is 85.5 cm³/mol. The molecule has 0 aromatic rings. The molecule has 0 bridgehead atoms. The van der Waals surface area contributed by atoms with E-state index in [1.165, 1.54) is 74.8 Å². The number of hydrogen-bond donors (Lipinski definition) is 0. The van der Waals surface area contributed by atoms with Gasteiger partial charge in [0.2, 0.25) is 0 Å². The summed E-state index contributed by atoms with van der Waals surface area (Å²) in [5.74, 6) is 0. The van der Waals surface area contributed by atoms with Crippen LogP contribution in [-0.4, -0.2) is 6.10 Å². The van der Waals surface area contributed by atoms with Crippen LogP contribution < -0.4 is 12.4 Å². The summed E-state index contributed by atoms with van der Waals surface area (Å²) in [7, 11) is 0. The minimum absolute atomic E-state index is 0. The number of unbranched alkanes of at least 4 members (excludes halogenated alkanes) is 2. The van der Waals surface area contributed by atoms with E-state index >= 15 is 0 Å². The van der Waals surface area contributed by atoms with E-state index < -0.39 is 0 Å². The van der Waals surface area contributed by atoms with Crippen LogP contribution in [0.25, 0.3) is 0 Å². The molecule has 1 nitrogen and oxygen atoms in total. The van der Waals surface area contributed by atoms with Gasteiger partial charge in [-0.05, 0) is 0 Å². The van der Waals surface area contributed by atoms with Crippen molar-refractivity contribution in [2.24, 2.45) is 0 Å². The SMILES string of the molecule is CCCCC1=C(C([O][Zr+])C2=C(CCCC)C=CC2)CC=C1.[Cl-]. The van der Waals surface area contributed by atoms with Crippen LogP contribution in [0.5, 0.6) is 0 Å². The number of halogens is 1. The molecule has 0 amide bonds. The molecular weight excluding hydrogens is 371 g/mol. The maximum absolute atomic E-state index is 6.03. The standard InChI is InChI=1S/C19H27O.ClH.Zr/c1-3-5-9-15-11-7-13-17(15)19(20)18-14-8-12-16(18)10-6-4-2;;/h7-8,11-12,19H,3-6,9-10,13-14H2,1-2H3;1H;/q-1;;+2/p-1. The van der Waals surface area contributed by atoms with E-state index in [-0.39, 0.29) is 18.5 Å². The summed E-state index contributed by atoms with van der Waals surface area (Å²) >= 11 is 1.18. The van der Waals surface area contributed by atoms with Crippen LogP contribution in [0.3, 0.4) is 0 Å². The number of hydrogen-bond acceptors (Lipinski definition) is 1. The third-order valence-electron chi connectivity index (χ3n) is 4.49. The van der Waals surface area contributed by atoms with Crippen molar-refractivity contribution in [1.29, 1.82) is 0 Å². The average molecular weight is 398 g/mol. The summed E-state index contributed by atoms with van der Waals surface area (Å²) in [5, 5.41) is 0. The molecular formula is C19H27ClOZr. The van der Waals surface area contributed by atoms with Crippen molar-refractivity contribution in [2.45, 2.75) is 71.3 Å². The van der Waals surface area contributed by atoms with E-state index in [0.29, 0.717) is 0 Å². The summed E-state index contributed by atoms with van der Waals surface area (Å²) in [6.07, 6.45) is 19.2. The van der Waals surface area contributed by atoms with Gasteiger partial charge in [0.15, 0.2) is 0 Å². The molecule has 0 fully saturated rings. The largest absolute Gasteiger partial charge is 1.00 e. The second-order valence-electron chi connectivity index (χ2n) is 6.02. The Morgan fingerprint density at radius 3 is 1.77 bits per heavy atom. The van der Waals surface area contributed by atoms with Gasteiger partial charge in [-0.15, -0.1) is 0 Å². The maximum Gasteiger partial charge on any atom is -1.00 e. The zero-order valence-electron chi connectivity index (χ0n) is 13.8. The van der Waals surface area contributed by atoms with Gasteiger partial charge in [0.1, 0.15) is 0 Å². The third-order valence-corrected chi connectivity index (χ3v) is 5.07. The van der Waals surface area contributed by atoms with E-state index in [1.54, 1.807) is 11.1 Å². The van der Waals surface area contributed by atoms with Crippen molar-refractivity contribution in [3.05, 3.63) is 46.6 Å². The first kappa shape index (κ1) is 20.1. The van der Waals surface area contributed by atoms with Gasteiger partial charge in [-0.25, -0.2) is 0 Å². The predicted octanol–water partition coefficient (Wildman–Crippen LogP) is 2.73. The van der Waals surface area contributed by atoms with E-state index in [9.17, 15) is 0 Å². The summed E-state index contributed by atoms with van der Waals surface area (Å²) in [6, 6.07) is 0. The second-order valence-corrected chi connectivity index (χ2v) is 6.60. The van der Waals surface area contributed by atoms with Crippen LogP contribution >= 0.6 is 0 Å². The van der Waals surface area contributed by atoms with Crippen LogP contribution in [0.2, 0.25) is 0 Å². The maximum atomic E-state index is 6.03. The number of rotatable bonds is 9. The van der Waals surface area contributed by atoms with E-state index in [2.05, 4.69) is 38.2 Å². The molecule has 0 radical (unpaired) electrons. The van der Waals surface area contributed by atoms with Crippen LogP contribution in [0, 0.1) is 0 Å². The van der Waals surface area contributed by atoms with Crippen molar-refractivity contribution in [1.82, 2.24) is 0 Å². The monoisotopic (exact) mass is 396 g/mol. The molecule has 0 atom stereocenters. The van der Waals surface area contributed by atoms with Gasteiger partial charge in [-0.3, -0.25) is 0 Å². The molecule has 0 N–H and O–H groups in total. The topological polar surface area (TPSA) is 9.23 Å². The van der Waals surface area contributed by atoms with Gasteiger partial charge in [0, 0.05) is 0 Å². The summed E-state index contributed by atoms with van der Waals surface area (Å²) in [5.41, 5.74) is 6.15. The fraction of sp³-hybridized carbons (Fsp3) is 0.579. The Hall–Kier alpha value is 0.0931. The molecule has 2 aliphatic rings. The van der Waals surface area contributed by atoms with Gasteiger partial charge in [-0.1, -0.05) is 0 Å². The third kappa shape index (κ3) is 5.05. The molecule has 0 aromatic heterocycles. The molecule has 0 unspecified atom stereocenters. The van der Waals surface area contributed by atoms with Crippen LogP contribution in [0.4, 0.5) is 0 Å². The van der Waals surface area contributed by atoms with Gasteiger partial charge >= 0.3 is 146 Å². The molecule has 3 heteroatoms. The van der Waals surface area contributed by atoms with Gasteiger partial charge in [0.25, 0.3) is 0 Å². The Morgan fingerprint density at radius 2 is 1.41 bits per heavy atom. The van der Waals surface area contributed by atoms with Crippen LogP contribution in [-0.2, 0) is 28.0 Å². The molecule has 0 saturated heterocycles. The molecule has 0 spiro atoms. The van der Waals surface area contributed by atoms with Crippen molar-refractivity contribution in [3.8, 4) is 0 Å².